The SMILES string of the molecule is COc1ccc(C2=NN(S(=O)(=O)c3ccc(C)cc3)C(NNS(=O)(=O)c3ccc(C)cc3)C2)cc1. The predicted molar refractivity (Wildman–Crippen MR) is 133 cm³/mol. The minimum atomic E-state index is -4.07. The molecule has 0 bridgehead atoms. The number of hydrazine groups is 1. The maximum absolute atomic E-state index is 13.4. The van der Waals surface area contributed by atoms with Gasteiger partial charge in [0.2, 0.25) is 0 Å². The maximum Gasteiger partial charge on any atom is 0.280 e. The first-order valence-electron chi connectivity index (χ1n) is 10.8. The molecule has 2 N–H and O–H groups in total. The molecule has 3 aromatic carbocycles. The average Bonchev–Trinajstić information content (AvgIpc) is 3.29. The highest BCUT2D eigenvalue weighted by molar-refractivity contribution is 7.89. The molecule has 4 rings (SSSR count). The highest BCUT2D eigenvalue weighted by atomic mass is 32.2. The summed E-state index contributed by atoms with van der Waals surface area (Å²) in [7, 11) is -6.46. The van der Waals surface area contributed by atoms with Crippen LogP contribution in [-0.2, 0) is 20.0 Å². The Kier molecular flexibility index (Phi) is 6.95. The summed E-state index contributed by atoms with van der Waals surface area (Å²) in [6.45, 7) is 3.71. The first-order chi connectivity index (χ1) is 16.6. The smallest absolute Gasteiger partial charge is 0.280 e. The average molecular weight is 515 g/mol. The molecule has 0 aromatic heterocycles. The van der Waals surface area contributed by atoms with Crippen LogP contribution in [0.5, 0.6) is 5.75 Å². The number of nitrogens with zero attached hydrogens (tertiary/aromatic N) is 2. The van der Waals surface area contributed by atoms with Gasteiger partial charge >= 0.3 is 0 Å². The van der Waals surface area contributed by atoms with Crippen molar-refractivity contribution in [1.82, 2.24) is 14.7 Å². The van der Waals surface area contributed by atoms with Gasteiger partial charge in [0, 0.05) is 6.42 Å². The highest BCUT2D eigenvalue weighted by Crippen LogP contribution is 2.27. The van der Waals surface area contributed by atoms with Crippen LogP contribution in [0, 0.1) is 13.8 Å². The predicted octanol–water partition coefficient (Wildman–Crippen LogP) is 2.92. The number of rotatable bonds is 8. The minimum Gasteiger partial charge on any atom is -0.497 e. The summed E-state index contributed by atoms with van der Waals surface area (Å²) in [4.78, 5) is 2.42. The van der Waals surface area contributed by atoms with Crippen molar-refractivity contribution in [3.05, 3.63) is 89.5 Å². The first-order valence-corrected chi connectivity index (χ1v) is 13.7. The van der Waals surface area contributed by atoms with Crippen LogP contribution in [0.2, 0.25) is 0 Å². The Labute approximate surface area is 205 Å². The third kappa shape index (κ3) is 5.38. The molecule has 184 valence electrons. The van der Waals surface area contributed by atoms with E-state index in [1.165, 1.54) is 24.3 Å². The molecular weight excluding hydrogens is 488 g/mol. The van der Waals surface area contributed by atoms with Crippen molar-refractivity contribution < 1.29 is 21.6 Å². The van der Waals surface area contributed by atoms with E-state index >= 15 is 0 Å². The van der Waals surface area contributed by atoms with Gasteiger partial charge in [0.15, 0.2) is 0 Å². The summed E-state index contributed by atoms with van der Waals surface area (Å²) in [5, 5.41) is 4.37. The van der Waals surface area contributed by atoms with Crippen molar-refractivity contribution in [1.29, 1.82) is 0 Å². The Morgan fingerprint density at radius 3 is 1.91 bits per heavy atom. The second-order valence-electron chi connectivity index (χ2n) is 8.15. The maximum atomic E-state index is 13.4. The van der Waals surface area contributed by atoms with Gasteiger partial charge in [-0.3, -0.25) is 0 Å². The third-order valence-corrected chi connectivity index (χ3v) is 8.53. The minimum absolute atomic E-state index is 0.0519. The molecule has 1 unspecified atom stereocenters. The van der Waals surface area contributed by atoms with E-state index in [0.717, 1.165) is 15.5 Å². The Bertz CT molecular complexity index is 1440. The van der Waals surface area contributed by atoms with Gasteiger partial charge in [-0.05, 0) is 67.9 Å². The van der Waals surface area contributed by atoms with E-state index in [9.17, 15) is 16.8 Å². The fourth-order valence-corrected chi connectivity index (χ4v) is 5.79. The van der Waals surface area contributed by atoms with E-state index in [1.54, 1.807) is 55.6 Å². The van der Waals surface area contributed by atoms with Crippen molar-refractivity contribution in [2.45, 2.75) is 36.2 Å². The number of ether oxygens (including phenoxy) is 1. The molecule has 1 heterocycles. The van der Waals surface area contributed by atoms with Crippen molar-refractivity contribution in [2.24, 2.45) is 5.10 Å². The summed E-state index contributed by atoms with van der Waals surface area (Å²) in [5.74, 6) is 0.650. The fraction of sp³-hybridized carbons (Fsp3) is 0.208. The van der Waals surface area contributed by atoms with Gasteiger partial charge in [-0.1, -0.05) is 35.4 Å². The second kappa shape index (κ2) is 9.78. The lowest BCUT2D eigenvalue weighted by Crippen LogP contribution is -2.51. The lowest BCUT2D eigenvalue weighted by molar-refractivity contribution is 0.301. The topological polar surface area (TPSA) is 117 Å². The zero-order chi connectivity index (χ0) is 25.2. The van der Waals surface area contributed by atoms with Gasteiger partial charge in [-0.25, -0.2) is 13.8 Å². The Hall–Kier alpha value is -3.25. The molecule has 1 aliphatic rings. The number of hydrogen-bond acceptors (Lipinski definition) is 7. The van der Waals surface area contributed by atoms with Gasteiger partial charge in [0.05, 0.1) is 22.6 Å². The molecule has 0 fully saturated rings. The van der Waals surface area contributed by atoms with E-state index in [1.807, 2.05) is 13.8 Å². The quantitative estimate of drug-likeness (QED) is 0.447. The van der Waals surface area contributed by atoms with Gasteiger partial charge in [0.25, 0.3) is 20.0 Å². The van der Waals surface area contributed by atoms with Crippen LogP contribution in [0.1, 0.15) is 23.1 Å². The number of methoxy groups -OCH3 is 1. The molecular formula is C24H26N4O5S2. The summed E-state index contributed by atoms with van der Waals surface area (Å²) < 4.78 is 58.6. The summed E-state index contributed by atoms with van der Waals surface area (Å²) in [5.41, 5.74) is 5.67. The zero-order valence-corrected chi connectivity index (χ0v) is 21.1. The lowest BCUT2D eigenvalue weighted by Gasteiger charge is -2.24. The van der Waals surface area contributed by atoms with Crippen LogP contribution in [0.4, 0.5) is 0 Å². The standard InChI is InChI=1S/C24H26N4O5S2/c1-17-4-12-21(13-5-17)34(29,30)27-25-24-16-23(19-8-10-20(33-3)11-9-19)26-28(24)35(31,32)22-14-6-18(2)7-15-22/h4-15,24-25,27H,16H2,1-3H3. The van der Waals surface area contributed by atoms with Gasteiger partial charge in [-0.2, -0.15) is 17.9 Å². The molecule has 1 atom stereocenters. The molecule has 3 aromatic rings. The van der Waals surface area contributed by atoms with Gasteiger partial charge < -0.3 is 4.74 Å². The molecule has 0 aliphatic carbocycles. The zero-order valence-electron chi connectivity index (χ0n) is 19.5. The monoisotopic (exact) mass is 514 g/mol. The molecule has 0 saturated carbocycles. The second-order valence-corrected chi connectivity index (χ2v) is 11.6. The van der Waals surface area contributed by atoms with Crippen LogP contribution >= 0.6 is 0 Å². The lowest BCUT2D eigenvalue weighted by atomic mass is 10.1. The van der Waals surface area contributed by atoms with Gasteiger partial charge in [0.1, 0.15) is 11.9 Å². The van der Waals surface area contributed by atoms with E-state index in [2.05, 4.69) is 15.4 Å². The van der Waals surface area contributed by atoms with E-state index < -0.39 is 26.2 Å². The van der Waals surface area contributed by atoms with Crippen LogP contribution in [0.3, 0.4) is 0 Å². The molecule has 0 radical (unpaired) electrons. The van der Waals surface area contributed by atoms with Crippen LogP contribution in [0.25, 0.3) is 0 Å². The summed E-state index contributed by atoms with van der Waals surface area (Å²) in [6.07, 6.45) is -0.855. The number of nitrogens with one attached hydrogen (secondary N) is 2. The summed E-state index contributed by atoms with van der Waals surface area (Å²) >= 11 is 0. The molecule has 0 amide bonds. The van der Waals surface area contributed by atoms with Gasteiger partial charge in [-0.15, -0.1) is 4.83 Å². The largest absolute Gasteiger partial charge is 0.497 e. The summed E-state index contributed by atoms with van der Waals surface area (Å²) in [6, 6.07) is 19.8. The number of aryl methyl sites for hydroxylation is 2. The number of hydrogen-bond donors (Lipinski definition) is 2. The van der Waals surface area contributed by atoms with Crippen molar-refractivity contribution in [3.63, 3.8) is 0 Å². The van der Waals surface area contributed by atoms with Crippen molar-refractivity contribution >= 4 is 25.8 Å². The normalized spacial score (nSPS) is 16.3. The van der Waals surface area contributed by atoms with Crippen LogP contribution < -0.4 is 15.0 Å². The van der Waals surface area contributed by atoms with Crippen LogP contribution in [-0.4, -0.2) is 40.2 Å². The molecule has 9 nitrogen and oxygen atoms in total. The molecule has 11 heteroatoms. The Morgan fingerprint density at radius 1 is 0.829 bits per heavy atom. The Balaban J connectivity index is 1.64. The molecule has 0 saturated heterocycles. The number of benzene rings is 3. The van der Waals surface area contributed by atoms with E-state index in [4.69, 9.17) is 4.74 Å². The molecule has 35 heavy (non-hydrogen) atoms. The van der Waals surface area contributed by atoms with Crippen molar-refractivity contribution in [2.75, 3.05) is 7.11 Å². The Morgan fingerprint density at radius 2 is 1.37 bits per heavy atom. The van der Waals surface area contributed by atoms with E-state index in [-0.39, 0.29) is 16.2 Å². The first kappa shape index (κ1) is 24.9. The van der Waals surface area contributed by atoms with E-state index in [0.29, 0.717) is 17.0 Å². The molecule has 1 aliphatic heterocycles. The fourth-order valence-electron chi connectivity index (χ4n) is 3.52. The molecule has 0 spiro atoms. The third-order valence-electron chi connectivity index (χ3n) is 5.55. The van der Waals surface area contributed by atoms with Crippen molar-refractivity contribution in [3.8, 4) is 5.75 Å². The van der Waals surface area contributed by atoms with Crippen LogP contribution in [0.15, 0.2) is 87.7 Å². The number of sulfonamides is 2. The number of hydrazone groups is 1. The highest BCUT2D eigenvalue weighted by Gasteiger charge is 2.37.